The fraction of sp³-hybridized carbons (Fsp3) is 0.781. The third kappa shape index (κ3) is 3.49. The van der Waals surface area contributed by atoms with Gasteiger partial charge in [0.2, 0.25) is 5.91 Å². The van der Waals surface area contributed by atoms with Gasteiger partial charge in [-0.25, -0.2) is 0 Å². The summed E-state index contributed by atoms with van der Waals surface area (Å²) in [6, 6.07) is 0. The molecular formula is C32H50N6OS. The topological polar surface area (TPSA) is 122 Å². The van der Waals surface area contributed by atoms with E-state index in [9.17, 15) is 4.79 Å². The van der Waals surface area contributed by atoms with E-state index in [1.807, 2.05) is 0 Å². The summed E-state index contributed by atoms with van der Waals surface area (Å²) in [5.41, 5.74) is 22.0. The molecule has 3 unspecified atom stereocenters. The number of nitrogen functional groups attached to an aromatic ring is 1. The number of hydrogen-bond donors (Lipinski definition) is 5. The van der Waals surface area contributed by atoms with Crippen LogP contribution < -0.4 is 22.3 Å². The molecule has 0 aromatic carbocycles. The van der Waals surface area contributed by atoms with Crippen LogP contribution in [0.4, 0.5) is 5.82 Å². The van der Waals surface area contributed by atoms with Crippen molar-refractivity contribution >= 4 is 29.1 Å². The zero-order valence-electron chi connectivity index (χ0n) is 25.6. The highest BCUT2D eigenvalue weighted by Gasteiger charge is 2.69. The van der Waals surface area contributed by atoms with Crippen molar-refractivity contribution in [2.24, 2.45) is 50.6 Å². The maximum atomic E-state index is 13.9. The van der Waals surface area contributed by atoms with Gasteiger partial charge in [0.05, 0.1) is 5.41 Å². The fourth-order valence-electron chi connectivity index (χ4n) is 11.3. The number of hydrazine groups is 1. The van der Waals surface area contributed by atoms with Crippen LogP contribution in [0.15, 0.2) is 11.6 Å². The van der Waals surface area contributed by atoms with Crippen LogP contribution in [0.3, 0.4) is 0 Å². The van der Waals surface area contributed by atoms with Crippen molar-refractivity contribution in [2.75, 3.05) is 5.73 Å². The van der Waals surface area contributed by atoms with E-state index in [1.165, 1.54) is 24.1 Å². The quantitative estimate of drug-likeness (QED) is 0.170. The summed E-state index contributed by atoms with van der Waals surface area (Å²) in [5, 5.41) is 7.90. The van der Waals surface area contributed by atoms with Gasteiger partial charge in [-0.3, -0.25) is 20.7 Å². The van der Waals surface area contributed by atoms with Crippen molar-refractivity contribution in [3.05, 3.63) is 22.9 Å². The molecule has 0 radical (unpaired) electrons. The van der Waals surface area contributed by atoms with Crippen molar-refractivity contribution in [3.63, 3.8) is 0 Å². The molecule has 8 heteroatoms. The highest BCUT2D eigenvalue weighted by atomic mass is 32.1. The lowest BCUT2D eigenvalue weighted by Crippen LogP contribution is -2.65. The Hall–Kier alpha value is -2.09. The molecule has 7 N–H and O–H groups in total. The number of fused-ring (bicyclic) bond motifs is 8. The van der Waals surface area contributed by atoms with Crippen LogP contribution in [0.2, 0.25) is 0 Å². The lowest BCUT2D eigenvalue weighted by Gasteiger charge is -2.70. The minimum absolute atomic E-state index is 0.00293. The van der Waals surface area contributed by atoms with E-state index in [0.29, 0.717) is 17.7 Å². The first-order valence-electron chi connectivity index (χ1n) is 15.4. The monoisotopic (exact) mass is 566 g/mol. The Kier molecular flexibility index (Phi) is 5.95. The number of hydrogen-bond acceptors (Lipinski definition) is 4. The van der Waals surface area contributed by atoms with Gasteiger partial charge in [0.15, 0.2) is 5.11 Å². The maximum Gasteiger partial charge on any atom is 0.245 e. The summed E-state index contributed by atoms with van der Waals surface area (Å²) in [6.07, 6.45) is 12.0. The van der Waals surface area contributed by atoms with Crippen LogP contribution in [-0.4, -0.2) is 21.2 Å². The molecule has 7 atom stereocenters. The number of carbonyl (C=O) groups excluding carboxylic acids is 1. The molecule has 5 aliphatic rings. The Balaban J connectivity index is 1.43. The first kappa shape index (κ1) is 28.0. The molecule has 1 aromatic heterocycles. The van der Waals surface area contributed by atoms with E-state index in [0.717, 1.165) is 44.9 Å². The Morgan fingerprint density at radius 2 is 1.73 bits per heavy atom. The SMILES string of the molecule is CC1(C)CC[C@]2(C(=O)NNC(N)=S)CC[C@]3(C)C(=CCC4[C@@]5(C)Cc6c(N)n[nH]c6C(C)(C)C5CC[C@]43C)C2C1. The number of amides is 1. The molecule has 1 aromatic rings. The molecule has 0 spiro atoms. The molecule has 1 amide bonds. The van der Waals surface area contributed by atoms with Crippen LogP contribution in [0.25, 0.3) is 0 Å². The second-order valence-electron chi connectivity index (χ2n) is 16.2. The Morgan fingerprint density at radius 3 is 2.42 bits per heavy atom. The summed E-state index contributed by atoms with van der Waals surface area (Å²) in [7, 11) is 0. The molecule has 6 rings (SSSR count). The average Bonchev–Trinajstić information content (AvgIpc) is 3.23. The molecule has 7 nitrogen and oxygen atoms in total. The van der Waals surface area contributed by atoms with E-state index in [1.54, 1.807) is 5.57 Å². The number of nitrogens with zero attached hydrogens (tertiary/aromatic N) is 1. The number of carbonyl (C=O) groups is 1. The molecule has 0 saturated heterocycles. The first-order valence-corrected chi connectivity index (χ1v) is 15.8. The summed E-state index contributed by atoms with van der Waals surface area (Å²) < 4.78 is 0. The minimum atomic E-state index is -0.421. The van der Waals surface area contributed by atoms with Crippen molar-refractivity contribution in [3.8, 4) is 0 Å². The van der Waals surface area contributed by atoms with E-state index in [4.69, 9.17) is 23.7 Å². The lowest BCUT2D eigenvalue weighted by molar-refractivity contribution is -0.167. The normalized spacial score (nSPS) is 42.6. The summed E-state index contributed by atoms with van der Waals surface area (Å²) in [6.45, 7) is 17.3. The van der Waals surface area contributed by atoms with Crippen LogP contribution in [0, 0.1) is 44.8 Å². The summed E-state index contributed by atoms with van der Waals surface area (Å²) >= 11 is 5.01. The van der Waals surface area contributed by atoms with Gasteiger partial charge in [-0.05, 0) is 109 Å². The van der Waals surface area contributed by atoms with E-state index < -0.39 is 5.41 Å². The van der Waals surface area contributed by atoms with Crippen LogP contribution in [0.5, 0.6) is 0 Å². The number of rotatable bonds is 1. The molecule has 0 aliphatic heterocycles. The molecule has 3 saturated carbocycles. The second kappa shape index (κ2) is 8.48. The third-order valence-corrected chi connectivity index (χ3v) is 13.7. The predicted octanol–water partition coefficient (Wildman–Crippen LogP) is 5.67. The molecule has 5 aliphatic carbocycles. The molecular weight excluding hydrogens is 516 g/mol. The van der Waals surface area contributed by atoms with Gasteiger partial charge in [-0.2, -0.15) is 5.10 Å². The van der Waals surface area contributed by atoms with Crippen LogP contribution in [0.1, 0.15) is 111 Å². The molecule has 40 heavy (non-hydrogen) atoms. The predicted molar refractivity (Wildman–Crippen MR) is 164 cm³/mol. The van der Waals surface area contributed by atoms with Gasteiger partial charge in [-0.1, -0.05) is 60.1 Å². The number of H-pyrrole nitrogens is 1. The fourth-order valence-corrected chi connectivity index (χ4v) is 11.4. The minimum Gasteiger partial charge on any atom is -0.382 e. The Labute approximate surface area is 245 Å². The molecule has 1 heterocycles. The van der Waals surface area contributed by atoms with Gasteiger partial charge >= 0.3 is 0 Å². The summed E-state index contributed by atoms with van der Waals surface area (Å²) in [5.74, 6) is 2.08. The lowest BCUT2D eigenvalue weighted by atomic mass is 9.33. The number of aromatic amines is 1. The van der Waals surface area contributed by atoms with Crippen LogP contribution >= 0.6 is 12.2 Å². The highest BCUT2D eigenvalue weighted by Crippen LogP contribution is 2.75. The number of aromatic nitrogens is 2. The van der Waals surface area contributed by atoms with E-state index in [-0.39, 0.29) is 44.0 Å². The Bertz CT molecular complexity index is 1300. The average molecular weight is 567 g/mol. The largest absolute Gasteiger partial charge is 0.382 e. The maximum absolute atomic E-state index is 13.9. The van der Waals surface area contributed by atoms with Gasteiger partial charge in [-0.15, -0.1) is 0 Å². The zero-order valence-corrected chi connectivity index (χ0v) is 26.4. The first-order chi connectivity index (χ1) is 18.5. The number of allylic oxidation sites excluding steroid dienone is 2. The van der Waals surface area contributed by atoms with Gasteiger partial charge in [0.25, 0.3) is 0 Å². The van der Waals surface area contributed by atoms with E-state index in [2.05, 4.69) is 75.6 Å². The number of thiocarbonyl (C=S) groups is 1. The number of anilines is 1. The van der Waals surface area contributed by atoms with Crippen molar-refractivity contribution in [1.82, 2.24) is 21.0 Å². The van der Waals surface area contributed by atoms with E-state index >= 15 is 0 Å². The number of nitrogens with two attached hydrogens (primary N) is 2. The standard InChI is InChI=1S/C32H50N6OS/c1-27(2)12-14-32(25(39)37-38-26(34)40)15-13-30(6)19(20(32)17-27)8-9-22-29(5)16-18-23(35-36-24(18)33)28(3,4)21(29)10-11-31(22,30)7/h8,20-22H,9-17H2,1-7H3,(H,37,39)(H3,33,35,36)(H3,34,38,40)/t20?,21?,22?,29-,30+,31+,32-/m0/s1. The van der Waals surface area contributed by atoms with Crippen molar-refractivity contribution in [2.45, 2.75) is 112 Å². The van der Waals surface area contributed by atoms with Gasteiger partial charge in [0, 0.05) is 16.7 Å². The molecule has 0 bridgehead atoms. The smallest absolute Gasteiger partial charge is 0.245 e. The van der Waals surface area contributed by atoms with Gasteiger partial charge < -0.3 is 11.5 Å². The van der Waals surface area contributed by atoms with Gasteiger partial charge in [0.1, 0.15) is 5.82 Å². The third-order valence-electron chi connectivity index (χ3n) is 13.6. The van der Waals surface area contributed by atoms with Crippen molar-refractivity contribution < 1.29 is 4.79 Å². The molecule has 3 fully saturated rings. The second-order valence-corrected chi connectivity index (χ2v) is 16.6. The number of nitrogens with one attached hydrogen (secondary N) is 3. The zero-order chi connectivity index (χ0) is 29.1. The Morgan fingerprint density at radius 1 is 1.02 bits per heavy atom. The highest BCUT2D eigenvalue weighted by molar-refractivity contribution is 7.80. The molecule has 220 valence electrons. The van der Waals surface area contributed by atoms with Crippen LogP contribution in [-0.2, 0) is 16.6 Å². The van der Waals surface area contributed by atoms with Crippen molar-refractivity contribution in [1.29, 1.82) is 0 Å². The summed E-state index contributed by atoms with van der Waals surface area (Å²) in [4.78, 5) is 13.9.